The summed E-state index contributed by atoms with van der Waals surface area (Å²) >= 11 is 0. The molecule has 0 fully saturated rings. The lowest BCUT2D eigenvalue weighted by Crippen LogP contribution is -2.33. The van der Waals surface area contributed by atoms with Crippen LogP contribution >= 0.6 is 0 Å². The van der Waals surface area contributed by atoms with Crippen LogP contribution in [0.3, 0.4) is 0 Å². The number of carbonyl (C=O) groups excluding carboxylic acids is 2. The molecule has 0 heterocycles. The predicted octanol–water partition coefficient (Wildman–Crippen LogP) is 3.53. The Labute approximate surface area is 133 Å². The largest absolute Gasteiger partial charge is 0.342 e. The van der Waals surface area contributed by atoms with E-state index < -0.39 is 0 Å². The van der Waals surface area contributed by atoms with Crippen LogP contribution < -0.4 is 5.32 Å². The third-order valence-corrected chi connectivity index (χ3v) is 3.70. The van der Waals surface area contributed by atoms with Crippen LogP contribution in [0.25, 0.3) is 0 Å². The van der Waals surface area contributed by atoms with Gasteiger partial charge in [0.2, 0.25) is 11.8 Å². The minimum atomic E-state index is -0.0514. The number of aryl methyl sites for hydroxylation is 2. The molecule has 1 aromatic carbocycles. The number of rotatable bonds is 7. The van der Waals surface area contributed by atoms with Gasteiger partial charge in [0.25, 0.3) is 0 Å². The summed E-state index contributed by atoms with van der Waals surface area (Å²) in [6, 6.07) is 5.98. The molecule has 1 aromatic rings. The number of carbonyl (C=O) groups is 2. The summed E-state index contributed by atoms with van der Waals surface area (Å²) < 4.78 is 0. The van der Waals surface area contributed by atoms with Crippen molar-refractivity contribution in [2.45, 2.75) is 47.5 Å². The van der Waals surface area contributed by atoms with Gasteiger partial charge >= 0.3 is 0 Å². The van der Waals surface area contributed by atoms with Crippen molar-refractivity contribution in [1.29, 1.82) is 0 Å². The number of hydrogen-bond donors (Lipinski definition) is 1. The maximum absolute atomic E-state index is 12.1. The number of anilines is 1. The summed E-state index contributed by atoms with van der Waals surface area (Å²) in [4.78, 5) is 25.5. The van der Waals surface area contributed by atoms with Crippen molar-refractivity contribution in [3.63, 3.8) is 0 Å². The molecule has 2 amide bonds. The molecule has 0 aliphatic rings. The van der Waals surface area contributed by atoms with E-state index in [1.165, 1.54) is 0 Å². The highest BCUT2D eigenvalue weighted by Crippen LogP contribution is 2.16. The number of nitrogens with zero attached hydrogens (tertiary/aromatic N) is 1. The van der Waals surface area contributed by atoms with Crippen LogP contribution in [0, 0.1) is 19.8 Å². The number of hydrogen-bond acceptors (Lipinski definition) is 2. The first-order valence-electron chi connectivity index (χ1n) is 7.92. The van der Waals surface area contributed by atoms with E-state index in [1.54, 1.807) is 11.8 Å². The van der Waals surface area contributed by atoms with E-state index in [-0.39, 0.29) is 11.8 Å². The summed E-state index contributed by atoms with van der Waals surface area (Å²) in [5, 5.41) is 2.93. The van der Waals surface area contributed by atoms with Crippen LogP contribution in [-0.4, -0.2) is 29.8 Å². The van der Waals surface area contributed by atoms with Crippen molar-refractivity contribution >= 4 is 17.5 Å². The summed E-state index contributed by atoms with van der Waals surface area (Å²) in [7, 11) is 0. The van der Waals surface area contributed by atoms with E-state index >= 15 is 0 Å². The normalized spacial score (nSPS) is 10.6. The number of benzene rings is 1. The monoisotopic (exact) mass is 304 g/mol. The molecule has 1 rings (SSSR count). The standard InChI is InChI=1S/C18H28N2O2/c1-13(2)8-10-20(16(5)21)11-9-18(22)19-17-12-14(3)6-7-15(17)4/h6-7,12-13H,8-11H2,1-5H3,(H,19,22). The van der Waals surface area contributed by atoms with Crippen molar-refractivity contribution in [3.05, 3.63) is 29.3 Å². The highest BCUT2D eigenvalue weighted by atomic mass is 16.2. The maximum Gasteiger partial charge on any atom is 0.226 e. The molecule has 0 aliphatic heterocycles. The molecule has 0 saturated carbocycles. The van der Waals surface area contributed by atoms with Crippen LogP contribution in [0.5, 0.6) is 0 Å². The summed E-state index contributed by atoms with van der Waals surface area (Å²) in [5.41, 5.74) is 3.01. The summed E-state index contributed by atoms with van der Waals surface area (Å²) in [6.45, 7) is 11.0. The van der Waals surface area contributed by atoms with Gasteiger partial charge in [0.15, 0.2) is 0 Å². The molecule has 0 radical (unpaired) electrons. The zero-order valence-electron chi connectivity index (χ0n) is 14.4. The summed E-state index contributed by atoms with van der Waals surface area (Å²) in [5.74, 6) is 0.523. The molecular formula is C18H28N2O2. The minimum absolute atomic E-state index is 0.0280. The Bertz CT molecular complexity index is 524. The first-order valence-corrected chi connectivity index (χ1v) is 7.92. The Morgan fingerprint density at radius 1 is 1.18 bits per heavy atom. The highest BCUT2D eigenvalue weighted by molar-refractivity contribution is 5.92. The Balaban J connectivity index is 2.53. The lowest BCUT2D eigenvalue weighted by Gasteiger charge is -2.22. The second-order valence-corrected chi connectivity index (χ2v) is 6.31. The Morgan fingerprint density at radius 3 is 2.45 bits per heavy atom. The van der Waals surface area contributed by atoms with Gasteiger partial charge in [0, 0.05) is 32.1 Å². The Kier molecular flexibility index (Phi) is 7.09. The van der Waals surface area contributed by atoms with Crippen LogP contribution in [0.4, 0.5) is 5.69 Å². The van der Waals surface area contributed by atoms with Crippen LogP contribution in [0.1, 0.15) is 44.7 Å². The molecular weight excluding hydrogens is 276 g/mol. The SMILES string of the molecule is CC(=O)N(CCC(=O)Nc1cc(C)ccc1C)CCC(C)C. The molecule has 0 aliphatic carbocycles. The molecule has 0 aromatic heterocycles. The second-order valence-electron chi connectivity index (χ2n) is 6.31. The Morgan fingerprint density at radius 2 is 1.86 bits per heavy atom. The Hall–Kier alpha value is -1.84. The molecule has 0 atom stereocenters. The van der Waals surface area contributed by atoms with Gasteiger partial charge in [0.05, 0.1) is 0 Å². The lowest BCUT2D eigenvalue weighted by atomic mass is 10.1. The van der Waals surface area contributed by atoms with Crippen LogP contribution in [0.2, 0.25) is 0 Å². The molecule has 0 unspecified atom stereocenters. The van der Waals surface area contributed by atoms with Gasteiger partial charge in [-0.25, -0.2) is 0 Å². The quantitative estimate of drug-likeness (QED) is 0.838. The minimum Gasteiger partial charge on any atom is -0.342 e. The maximum atomic E-state index is 12.1. The van der Waals surface area contributed by atoms with Gasteiger partial charge in [0.1, 0.15) is 0 Å². The van der Waals surface area contributed by atoms with Gasteiger partial charge in [-0.2, -0.15) is 0 Å². The van der Waals surface area contributed by atoms with Gasteiger partial charge < -0.3 is 10.2 Å². The molecule has 4 heteroatoms. The molecule has 1 N–H and O–H groups in total. The van der Waals surface area contributed by atoms with E-state index in [0.29, 0.717) is 25.4 Å². The smallest absolute Gasteiger partial charge is 0.226 e. The zero-order chi connectivity index (χ0) is 16.7. The van der Waals surface area contributed by atoms with Gasteiger partial charge in [-0.3, -0.25) is 9.59 Å². The molecule has 4 nitrogen and oxygen atoms in total. The van der Waals surface area contributed by atoms with E-state index in [2.05, 4.69) is 19.2 Å². The fraction of sp³-hybridized carbons (Fsp3) is 0.556. The van der Waals surface area contributed by atoms with Crippen molar-refractivity contribution < 1.29 is 9.59 Å². The fourth-order valence-electron chi connectivity index (χ4n) is 2.16. The number of nitrogens with one attached hydrogen (secondary N) is 1. The average Bonchev–Trinajstić information content (AvgIpc) is 2.42. The van der Waals surface area contributed by atoms with Gasteiger partial charge in [-0.05, 0) is 43.4 Å². The van der Waals surface area contributed by atoms with Crippen LogP contribution in [-0.2, 0) is 9.59 Å². The molecule has 0 spiro atoms. The second kappa shape index (κ2) is 8.57. The lowest BCUT2D eigenvalue weighted by molar-refractivity contribution is -0.129. The molecule has 22 heavy (non-hydrogen) atoms. The zero-order valence-corrected chi connectivity index (χ0v) is 14.4. The first kappa shape index (κ1) is 18.2. The molecule has 0 bridgehead atoms. The molecule has 122 valence electrons. The third-order valence-electron chi connectivity index (χ3n) is 3.70. The highest BCUT2D eigenvalue weighted by Gasteiger charge is 2.12. The van der Waals surface area contributed by atoms with Crippen molar-refractivity contribution in [2.24, 2.45) is 5.92 Å². The van der Waals surface area contributed by atoms with Crippen molar-refractivity contribution in [2.75, 3.05) is 18.4 Å². The topological polar surface area (TPSA) is 49.4 Å². The van der Waals surface area contributed by atoms with Crippen LogP contribution in [0.15, 0.2) is 18.2 Å². The molecule has 0 saturated heterocycles. The van der Waals surface area contributed by atoms with E-state index in [9.17, 15) is 9.59 Å². The number of amides is 2. The average molecular weight is 304 g/mol. The fourth-order valence-corrected chi connectivity index (χ4v) is 2.16. The van der Waals surface area contributed by atoms with E-state index in [1.807, 2.05) is 32.0 Å². The summed E-state index contributed by atoms with van der Waals surface area (Å²) in [6.07, 6.45) is 1.28. The van der Waals surface area contributed by atoms with Crippen molar-refractivity contribution in [1.82, 2.24) is 4.90 Å². The van der Waals surface area contributed by atoms with E-state index in [4.69, 9.17) is 0 Å². The van der Waals surface area contributed by atoms with Gasteiger partial charge in [-0.15, -0.1) is 0 Å². The first-order chi connectivity index (χ1) is 10.3. The van der Waals surface area contributed by atoms with E-state index in [0.717, 1.165) is 23.2 Å². The van der Waals surface area contributed by atoms with Gasteiger partial charge in [-0.1, -0.05) is 26.0 Å². The predicted molar refractivity (Wildman–Crippen MR) is 90.9 cm³/mol. The third kappa shape index (κ3) is 6.29. The van der Waals surface area contributed by atoms with Crippen molar-refractivity contribution in [3.8, 4) is 0 Å².